The molecule has 2 aromatic heterocycles. The Morgan fingerprint density at radius 3 is 3.00 bits per heavy atom. The highest BCUT2D eigenvalue weighted by Gasteiger charge is 2.09. The van der Waals surface area contributed by atoms with Gasteiger partial charge >= 0.3 is 0 Å². The van der Waals surface area contributed by atoms with Crippen LogP contribution in [0.3, 0.4) is 0 Å². The van der Waals surface area contributed by atoms with Gasteiger partial charge in [-0.05, 0) is 32.3 Å². The molecule has 2 rings (SSSR count). The minimum Gasteiger partial charge on any atom is -0.377 e. The van der Waals surface area contributed by atoms with Crippen LogP contribution in [0.2, 0.25) is 0 Å². The number of nitrogens with zero attached hydrogens (tertiary/aromatic N) is 3. The number of nitrogens with one attached hydrogen (secondary N) is 1. The monoisotopic (exact) mass is 252 g/mol. The van der Waals surface area contributed by atoms with Crippen molar-refractivity contribution in [2.45, 2.75) is 26.9 Å². The van der Waals surface area contributed by atoms with Crippen LogP contribution in [0.1, 0.15) is 19.5 Å². The maximum absolute atomic E-state index is 5.47. The first kappa shape index (κ1) is 12.2. The fraction of sp³-hybridized carbons (Fsp3) is 0.545. The summed E-state index contributed by atoms with van der Waals surface area (Å²) in [6.45, 7) is 7.42. The van der Waals surface area contributed by atoms with Crippen LogP contribution in [0.25, 0.3) is 10.2 Å². The van der Waals surface area contributed by atoms with E-state index in [1.807, 2.05) is 20.8 Å². The number of aryl methyl sites for hydroxylation is 1. The van der Waals surface area contributed by atoms with Gasteiger partial charge in [-0.15, -0.1) is 0 Å². The molecule has 0 atom stereocenters. The Kier molecular flexibility index (Phi) is 3.86. The quantitative estimate of drug-likeness (QED) is 0.827. The van der Waals surface area contributed by atoms with Gasteiger partial charge in [0.05, 0.1) is 23.8 Å². The van der Waals surface area contributed by atoms with E-state index in [1.165, 1.54) is 11.5 Å². The number of aromatic nitrogens is 3. The summed E-state index contributed by atoms with van der Waals surface area (Å²) >= 11 is 1.40. The molecule has 0 aliphatic rings. The van der Waals surface area contributed by atoms with Crippen LogP contribution in [-0.2, 0) is 4.74 Å². The number of anilines is 1. The molecule has 0 spiro atoms. The van der Waals surface area contributed by atoms with Crippen molar-refractivity contribution in [2.24, 2.45) is 0 Å². The van der Waals surface area contributed by atoms with E-state index in [1.54, 1.807) is 6.33 Å². The van der Waals surface area contributed by atoms with Crippen molar-refractivity contribution >= 4 is 27.6 Å². The van der Waals surface area contributed by atoms with Crippen LogP contribution >= 0.6 is 11.5 Å². The molecular formula is C11H16N4OS. The van der Waals surface area contributed by atoms with Crippen LogP contribution in [0, 0.1) is 6.92 Å². The Labute approximate surface area is 104 Å². The molecule has 0 saturated carbocycles. The highest BCUT2D eigenvalue weighted by atomic mass is 32.1. The van der Waals surface area contributed by atoms with Gasteiger partial charge in [-0.1, -0.05) is 0 Å². The SMILES string of the molecule is Cc1nsc2ncnc(NCCOC(C)C)c12. The summed E-state index contributed by atoms with van der Waals surface area (Å²) in [7, 11) is 0. The predicted octanol–water partition coefficient (Wildman–Crippen LogP) is 2.23. The van der Waals surface area contributed by atoms with Crippen molar-refractivity contribution in [2.75, 3.05) is 18.5 Å². The first-order valence-corrected chi connectivity index (χ1v) is 6.38. The lowest BCUT2D eigenvalue weighted by atomic mass is 10.3. The predicted molar refractivity (Wildman–Crippen MR) is 69.5 cm³/mol. The van der Waals surface area contributed by atoms with Crippen LogP contribution in [0.15, 0.2) is 6.33 Å². The molecule has 0 radical (unpaired) electrons. The average Bonchev–Trinajstić information content (AvgIpc) is 2.67. The fourth-order valence-corrected chi connectivity index (χ4v) is 2.26. The number of fused-ring (bicyclic) bond motifs is 1. The van der Waals surface area contributed by atoms with E-state index in [4.69, 9.17) is 4.74 Å². The summed E-state index contributed by atoms with van der Waals surface area (Å²) in [5, 5.41) is 4.28. The van der Waals surface area contributed by atoms with Gasteiger partial charge in [0.2, 0.25) is 0 Å². The third kappa shape index (κ3) is 2.89. The number of hydrogen-bond acceptors (Lipinski definition) is 6. The molecule has 6 heteroatoms. The zero-order valence-electron chi connectivity index (χ0n) is 10.2. The van der Waals surface area contributed by atoms with E-state index < -0.39 is 0 Å². The summed E-state index contributed by atoms with van der Waals surface area (Å²) in [6, 6.07) is 0. The van der Waals surface area contributed by atoms with Gasteiger partial charge in [-0.25, -0.2) is 9.97 Å². The summed E-state index contributed by atoms with van der Waals surface area (Å²) in [4.78, 5) is 9.36. The third-order valence-electron chi connectivity index (χ3n) is 2.29. The molecule has 92 valence electrons. The Morgan fingerprint density at radius 2 is 2.24 bits per heavy atom. The summed E-state index contributed by atoms with van der Waals surface area (Å²) < 4.78 is 9.75. The molecule has 1 N–H and O–H groups in total. The van der Waals surface area contributed by atoms with Crippen molar-refractivity contribution in [1.29, 1.82) is 0 Å². The maximum Gasteiger partial charge on any atom is 0.149 e. The number of hydrogen-bond donors (Lipinski definition) is 1. The van der Waals surface area contributed by atoms with Crippen LogP contribution in [0.5, 0.6) is 0 Å². The Hall–Kier alpha value is -1.27. The molecule has 0 saturated heterocycles. The van der Waals surface area contributed by atoms with Gasteiger partial charge in [-0.2, -0.15) is 4.37 Å². The van der Waals surface area contributed by atoms with Gasteiger partial charge in [0.15, 0.2) is 0 Å². The average molecular weight is 252 g/mol. The van der Waals surface area contributed by atoms with Gasteiger partial charge < -0.3 is 10.1 Å². The smallest absolute Gasteiger partial charge is 0.149 e. The summed E-state index contributed by atoms with van der Waals surface area (Å²) in [5.41, 5.74) is 0.970. The van der Waals surface area contributed by atoms with E-state index in [0.717, 1.165) is 28.3 Å². The van der Waals surface area contributed by atoms with Gasteiger partial charge in [0, 0.05) is 6.54 Å². The molecule has 0 amide bonds. The standard InChI is InChI=1S/C11H16N4OS/c1-7(2)16-5-4-12-10-9-8(3)15-17-11(9)14-6-13-10/h6-7H,4-5H2,1-3H3,(H,12,13,14). The second-order valence-corrected chi connectivity index (χ2v) is 4.77. The van der Waals surface area contributed by atoms with E-state index in [-0.39, 0.29) is 6.10 Å². The molecule has 2 aromatic rings. The van der Waals surface area contributed by atoms with Crippen molar-refractivity contribution in [3.63, 3.8) is 0 Å². The molecule has 2 heterocycles. The van der Waals surface area contributed by atoms with Gasteiger partial charge in [0.25, 0.3) is 0 Å². The normalized spacial score (nSPS) is 11.3. The fourth-order valence-electron chi connectivity index (χ4n) is 1.52. The minimum atomic E-state index is 0.256. The van der Waals surface area contributed by atoms with Crippen molar-refractivity contribution < 1.29 is 4.74 Å². The second-order valence-electron chi connectivity index (χ2n) is 4.02. The molecule has 0 bridgehead atoms. The van der Waals surface area contributed by atoms with Crippen LogP contribution < -0.4 is 5.32 Å². The molecular weight excluding hydrogens is 236 g/mol. The number of rotatable bonds is 5. The Morgan fingerprint density at radius 1 is 1.41 bits per heavy atom. The van der Waals surface area contributed by atoms with Gasteiger partial charge in [-0.3, -0.25) is 0 Å². The van der Waals surface area contributed by atoms with Crippen molar-refractivity contribution in [3.8, 4) is 0 Å². The zero-order chi connectivity index (χ0) is 12.3. The van der Waals surface area contributed by atoms with E-state index in [0.29, 0.717) is 6.61 Å². The molecule has 0 fully saturated rings. The Balaban J connectivity index is 2.05. The Bertz CT molecular complexity index is 497. The van der Waals surface area contributed by atoms with E-state index in [2.05, 4.69) is 19.7 Å². The first-order valence-electron chi connectivity index (χ1n) is 5.61. The minimum absolute atomic E-state index is 0.256. The zero-order valence-corrected chi connectivity index (χ0v) is 11.0. The highest BCUT2D eigenvalue weighted by molar-refractivity contribution is 7.13. The van der Waals surface area contributed by atoms with Crippen molar-refractivity contribution in [3.05, 3.63) is 12.0 Å². The molecule has 0 aliphatic heterocycles. The molecule has 5 nitrogen and oxygen atoms in total. The number of ether oxygens (including phenoxy) is 1. The van der Waals surface area contributed by atoms with E-state index >= 15 is 0 Å². The van der Waals surface area contributed by atoms with Crippen LogP contribution in [0.4, 0.5) is 5.82 Å². The largest absolute Gasteiger partial charge is 0.377 e. The second kappa shape index (κ2) is 5.37. The summed E-state index contributed by atoms with van der Waals surface area (Å²) in [6.07, 6.45) is 1.82. The topological polar surface area (TPSA) is 59.9 Å². The molecule has 0 aliphatic carbocycles. The van der Waals surface area contributed by atoms with E-state index in [9.17, 15) is 0 Å². The molecule has 0 unspecified atom stereocenters. The lowest BCUT2D eigenvalue weighted by Gasteiger charge is -2.09. The molecule has 0 aromatic carbocycles. The maximum atomic E-state index is 5.47. The third-order valence-corrected chi connectivity index (χ3v) is 3.14. The lowest BCUT2D eigenvalue weighted by Crippen LogP contribution is -2.14. The highest BCUT2D eigenvalue weighted by Crippen LogP contribution is 2.25. The summed E-state index contributed by atoms with van der Waals surface area (Å²) in [5.74, 6) is 0.841. The molecule has 17 heavy (non-hydrogen) atoms. The van der Waals surface area contributed by atoms with Crippen molar-refractivity contribution in [1.82, 2.24) is 14.3 Å². The van der Waals surface area contributed by atoms with Crippen LogP contribution in [-0.4, -0.2) is 33.6 Å². The van der Waals surface area contributed by atoms with Gasteiger partial charge in [0.1, 0.15) is 17.0 Å². The first-order chi connectivity index (χ1) is 8.18. The lowest BCUT2D eigenvalue weighted by molar-refractivity contribution is 0.0870.